The molecule has 0 bridgehead atoms. The van der Waals surface area contributed by atoms with Gasteiger partial charge in [-0.05, 0) is 48.9 Å². The molecule has 0 spiro atoms. The van der Waals surface area contributed by atoms with Crippen molar-refractivity contribution < 1.29 is 0 Å². The Kier molecular flexibility index (Phi) is 7.61. The van der Waals surface area contributed by atoms with Crippen molar-refractivity contribution in [2.75, 3.05) is 0 Å². The van der Waals surface area contributed by atoms with Gasteiger partial charge in [-0.3, -0.25) is 0 Å². The second kappa shape index (κ2) is 9.21. The van der Waals surface area contributed by atoms with E-state index in [4.69, 9.17) is 0 Å². The second-order valence-electron chi connectivity index (χ2n) is 8.12. The van der Waals surface area contributed by atoms with Crippen molar-refractivity contribution in [1.29, 1.82) is 0 Å². The third-order valence-corrected chi connectivity index (χ3v) is 6.94. The van der Waals surface area contributed by atoms with E-state index in [2.05, 4.69) is 20.8 Å². The molecule has 0 aromatic heterocycles. The van der Waals surface area contributed by atoms with Crippen molar-refractivity contribution in [3.63, 3.8) is 0 Å². The molecular formula is C21H40. The maximum absolute atomic E-state index is 2.62. The van der Waals surface area contributed by atoms with Crippen LogP contribution in [0, 0.1) is 29.6 Å². The number of unbranched alkanes of at least 4 members (excludes halogenated alkanes) is 3. The van der Waals surface area contributed by atoms with Crippen molar-refractivity contribution in [3.8, 4) is 0 Å². The Morgan fingerprint density at radius 3 is 2.05 bits per heavy atom. The van der Waals surface area contributed by atoms with Crippen molar-refractivity contribution in [1.82, 2.24) is 0 Å². The molecule has 0 aliphatic heterocycles. The minimum atomic E-state index is 1.01. The SMILES string of the molecule is CCCCCCC1C(C)C2CCCCCCCC2C1CC. The smallest absolute Gasteiger partial charge is 0.0352 e. The molecule has 2 rings (SSSR count). The fraction of sp³-hybridized carbons (Fsp3) is 1.00. The molecule has 2 fully saturated rings. The van der Waals surface area contributed by atoms with E-state index in [1.165, 1.54) is 70.6 Å². The Balaban J connectivity index is 1.97. The highest BCUT2D eigenvalue weighted by Gasteiger charge is 2.45. The summed E-state index contributed by atoms with van der Waals surface area (Å²) in [4.78, 5) is 0. The summed E-state index contributed by atoms with van der Waals surface area (Å²) in [6, 6.07) is 0. The summed E-state index contributed by atoms with van der Waals surface area (Å²) in [5.41, 5.74) is 0. The van der Waals surface area contributed by atoms with E-state index in [9.17, 15) is 0 Å². The van der Waals surface area contributed by atoms with E-state index in [1.807, 2.05) is 0 Å². The molecule has 0 heterocycles. The molecule has 0 radical (unpaired) electrons. The standard InChI is InChI=1S/C21H40/c1-4-6-7-11-14-19-17(3)20-15-12-9-8-10-13-16-21(20)18(19)5-2/h17-21H,4-16H2,1-3H3. The molecule has 0 nitrogen and oxygen atoms in total. The van der Waals surface area contributed by atoms with Gasteiger partial charge in [0.05, 0.1) is 0 Å². The lowest BCUT2D eigenvalue weighted by atomic mass is 9.80. The van der Waals surface area contributed by atoms with Crippen molar-refractivity contribution in [2.45, 2.75) is 104 Å². The molecule has 2 aliphatic rings. The molecule has 124 valence electrons. The van der Waals surface area contributed by atoms with Gasteiger partial charge in [0.15, 0.2) is 0 Å². The number of fused-ring (bicyclic) bond motifs is 1. The van der Waals surface area contributed by atoms with Crippen molar-refractivity contribution in [3.05, 3.63) is 0 Å². The van der Waals surface area contributed by atoms with E-state index in [1.54, 1.807) is 12.8 Å². The Hall–Kier alpha value is 0. The normalized spacial score (nSPS) is 37.6. The van der Waals surface area contributed by atoms with Gasteiger partial charge in [0, 0.05) is 0 Å². The van der Waals surface area contributed by atoms with Crippen LogP contribution in [0.3, 0.4) is 0 Å². The summed E-state index contributed by atoms with van der Waals surface area (Å²) < 4.78 is 0. The largest absolute Gasteiger partial charge is 0.0654 e. The fourth-order valence-corrected chi connectivity index (χ4v) is 5.82. The molecule has 2 aliphatic carbocycles. The summed E-state index contributed by atoms with van der Waals surface area (Å²) in [7, 11) is 0. The van der Waals surface area contributed by atoms with Crippen molar-refractivity contribution >= 4 is 0 Å². The quantitative estimate of drug-likeness (QED) is 0.453. The molecule has 2 saturated carbocycles. The topological polar surface area (TPSA) is 0 Å². The number of hydrogen-bond acceptors (Lipinski definition) is 0. The summed E-state index contributed by atoms with van der Waals surface area (Å²) in [6.45, 7) is 7.43. The van der Waals surface area contributed by atoms with Gasteiger partial charge in [0.25, 0.3) is 0 Å². The van der Waals surface area contributed by atoms with E-state index in [0.29, 0.717) is 0 Å². The third-order valence-electron chi connectivity index (χ3n) is 6.94. The molecule has 0 aromatic rings. The molecule has 0 saturated heterocycles. The fourth-order valence-electron chi connectivity index (χ4n) is 5.82. The van der Waals surface area contributed by atoms with Crippen LogP contribution in [0.5, 0.6) is 0 Å². The van der Waals surface area contributed by atoms with Crippen LogP contribution in [0.15, 0.2) is 0 Å². The molecule has 0 amide bonds. The Labute approximate surface area is 134 Å². The highest BCUT2D eigenvalue weighted by Crippen LogP contribution is 2.53. The number of rotatable bonds is 6. The molecular weight excluding hydrogens is 252 g/mol. The highest BCUT2D eigenvalue weighted by atomic mass is 14.5. The average Bonchev–Trinajstić information content (AvgIpc) is 2.80. The van der Waals surface area contributed by atoms with E-state index in [-0.39, 0.29) is 0 Å². The van der Waals surface area contributed by atoms with Crippen LogP contribution in [-0.2, 0) is 0 Å². The monoisotopic (exact) mass is 292 g/mol. The van der Waals surface area contributed by atoms with E-state index >= 15 is 0 Å². The van der Waals surface area contributed by atoms with Crippen LogP contribution in [-0.4, -0.2) is 0 Å². The Morgan fingerprint density at radius 1 is 0.714 bits per heavy atom. The van der Waals surface area contributed by atoms with Gasteiger partial charge in [0.1, 0.15) is 0 Å². The maximum Gasteiger partial charge on any atom is -0.0352 e. The molecule has 21 heavy (non-hydrogen) atoms. The summed E-state index contributed by atoms with van der Waals surface area (Å²) in [5, 5.41) is 0. The summed E-state index contributed by atoms with van der Waals surface area (Å²) in [5.74, 6) is 5.29. The van der Waals surface area contributed by atoms with Crippen molar-refractivity contribution in [2.24, 2.45) is 29.6 Å². The van der Waals surface area contributed by atoms with Crippen LogP contribution in [0.1, 0.15) is 104 Å². The third kappa shape index (κ3) is 4.49. The first kappa shape index (κ1) is 17.4. The maximum atomic E-state index is 2.62. The van der Waals surface area contributed by atoms with Crippen LogP contribution in [0.2, 0.25) is 0 Å². The lowest BCUT2D eigenvalue weighted by Gasteiger charge is -2.25. The van der Waals surface area contributed by atoms with E-state index < -0.39 is 0 Å². The van der Waals surface area contributed by atoms with Gasteiger partial charge in [-0.25, -0.2) is 0 Å². The zero-order valence-electron chi connectivity index (χ0n) is 15.1. The van der Waals surface area contributed by atoms with Crippen LogP contribution in [0.4, 0.5) is 0 Å². The summed E-state index contributed by atoms with van der Waals surface area (Å²) >= 11 is 0. The van der Waals surface area contributed by atoms with Gasteiger partial charge >= 0.3 is 0 Å². The first-order chi connectivity index (χ1) is 10.3. The highest BCUT2D eigenvalue weighted by molar-refractivity contribution is 4.94. The lowest BCUT2D eigenvalue weighted by molar-refractivity contribution is 0.241. The first-order valence-electron chi connectivity index (χ1n) is 10.3. The van der Waals surface area contributed by atoms with Gasteiger partial charge in [-0.2, -0.15) is 0 Å². The van der Waals surface area contributed by atoms with Crippen LogP contribution >= 0.6 is 0 Å². The predicted octanol–water partition coefficient (Wildman–Crippen LogP) is 7.23. The zero-order valence-corrected chi connectivity index (χ0v) is 15.1. The molecule has 5 unspecified atom stereocenters. The van der Waals surface area contributed by atoms with Crippen LogP contribution < -0.4 is 0 Å². The molecule has 0 heteroatoms. The molecule has 0 N–H and O–H groups in total. The summed E-state index contributed by atoms with van der Waals surface area (Å²) in [6.07, 6.45) is 19.5. The lowest BCUT2D eigenvalue weighted by Crippen LogP contribution is -2.17. The average molecular weight is 293 g/mol. The van der Waals surface area contributed by atoms with Gasteiger partial charge in [0.2, 0.25) is 0 Å². The second-order valence-corrected chi connectivity index (χ2v) is 8.12. The van der Waals surface area contributed by atoms with Gasteiger partial charge in [-0.15, -0.1) is 0 Å². The minimum absolute atomic E-state index is 1.01. The Morgan fingerprint density at radius 2 is 1.38 bits per heavy atom. The number of hydrogen-bond donors (Lipinski definition) is 0. The molecule has 5 atom stereocenters. The zero-order chi connectivity index (χ0) is 15.1. The van der Waals surface area contributed by atoms with E-state index in [0.717, 1.165) is 29.6 Å². The Bertz CT molecular complexity index is 269. The minimum Gasteiger partial charge on any atom is -0.0654 e. The molecule has 0 aromatic carbocycles. The predicted molar refractivity (Wildman–Crippen MR) is 94.5 cm³/mol. The van der Waals surface area contributed by atoms with Gasteiger partial charge < -0.3 is 0 Å². The van der Waals surface area contributed by atoms with Crippen LogP contribution in [0.25, 0.3) is 0 Å². The van der Waals surface area contributed by atoms with Gasteiger partial charge in [-0.1, -0.05) is 85.0 Å². The first-order valence-corrected chi connectivity index (χ1v) is 10.3.